The molecule has 0 unspecified atom stereocenters. The Balaban J connectivity index is 1.67. The maximum Gasteiger partial charge on any atom is 0.254 e. The van der Waals surface area contributed by atoms with Crippen molar-refractivity contribution < 1.29 is 9.53 Å². The molecule has 1 N–H and O–H groups in total. The molecule has 0 saturated carbocycles. The highest BCUT2D eigenvalue weighted by Crippen LogP contribution is 2.20. The number of aryl methyl sites for hydroxylation is 1. The SMILES string of the molecule is COc1ccc(C)cc1CCNC(=O)c1cnn(-c2ccc(Br)cc2)c1C. The number of rotatable bonds is 6. The van der Waals surface area contributed by atoms with Gasteiger partial charge < -0.3 is 10.1 Å². The molecule has 1 amide bonds. The molecule has 3 aromatic rings. The summed E-state index contributed by atoms with van der Waals surface area (Å²) in [6, 6.07) is 13.9. The van der Waals surface area contributed by atoms with Gasteiger partial charge in [0.25, 0.3) is 5.91 Å². The molecule has 0 aliphatic carbocycles. The van der Waals surface area contributed by atoms with Crippen LogP contribution in [0.3, 0.4) is 0 Å². The number of benzene rings is 2. The maximum absolute atomic E-state index is 12.6. The Morgan fingerprint density at radius 1 is 1.19 bits per heavy atom. The first-order valence-electron chi connectivity index (χ1n) is 8.72. The molecule has 140 valence electrons. The number of methoxy groups -OCH3 is 1. The molecule has 0 spiro atoms. The van der Waals surface area contributed by atoms with Gasteiger partial charge in [0.1, 0.15) is 5.75 Å². The topological polar surface area (TPSA) is 56.1 Å². The number of halogens is 1. The average Bonchev–Trinajstić information content (AvgIpc) is 3.04. The highest BCUT2D eigenvalue weighted by molar-refractivity contribution is 9.10. The minimum absolute atomic E-state index is 0.123. The number of aromatic nitrogens is 2. The van der Waals surface area contributed by atoms with Gasteiger partial charge in [-0.25, -0.2) is 4.68 Å². The molecule has 0 atom stereocenters. The van der Waals surface area contributed by atoms with E-state index < -0.39 is 0 Å². The van der Waals surface area contributed by atoms with Crippen LogP contribution in [0.15, 0.2) is 53.1 Å². The molecule has 0 fully saturated rings. The van der Waals surface area contributed by atoms with Gasteiger partial charge in [-0.3, -0.25) is 4.79 Å². The van der Waals surface area contributed by atoms with Crippen LogP contribution >= 0.6 is 15.9 Å². The fourth-order valence-electron chi connectivity index (χ4n) is 2.98. The first kappa shape index (κ1) is 19.2. The quantitative estimate of drug-likeness (QED) is 0.639. The summed E-state index contributed by atoms with van der Waals surface area (Å²) in [5.74, 6) is 0.719. The zero-order chi connectivity index (χ0) is 19.4. The molecule has 3 rings (SSSR count). The minimum Gasteiger partial charge on any atom is -0.496 e. The van der Waals surface area contributed by atoms with E-state index in [1.807, 2.05) is 50.2 Å². The van der Waals surface area contributed by atoms with Crippen molar-refractivity contribution in [3.05, 3.63) is 75.5 Å². The van der Waals surface area contributed by atoms with Crippen molar-refractivity contribution in [2.45, 2.75) is 20.3 Å². The third kappa shape index (κ3) is 4.39. The van der Waals surface area contributed by atoms with Gasteiger partial charge >= 0.3 is 0 Å². The number of nitrogens with one attached hydrogen (secondary N) is 1. The Morgan fingerprint density at radius 2 is 1.93 bits per heavy atom. The Hall–Kier alpha value is -2.60. The normalized spacial score (nSPS) is 10.7. The second kappa shape index (κ2) is 8.39. The van der Waals surface area contributed by atoms with Crippen LogP contribution in [0.25, 0.3) is 5.69 Å². The predicted molar refractivity (Wildman–Crippen MR) is 110 cm³/mol. The Kier molecular flexibility index (Phi) is 5.96. The van der Waals surface area contributed by atoms with Crippen molar-refractivity contribution in [2.75, 3.05) is 13.7 Å². The standard InChI is InChI=1S/C21H22BrN3O2/c1-14-4-9-20(27-3)16(12-14)10-11-23-21(26)19-13-24-25(15(19)2)18-7-5-17(22)6-8-18/h4-9,12-13H,10-11H2,1-3H3,(H,23,26). The van der Waals surface area contributed by atoms with E-state index in [2.05, 4.69) is 32.4 Å². The lowest BCUT2D eigenvalue weighted by atomic mass is 10.1. The smallest absolute Gasteiger partial charge is 0.254 e. The molecule has 5 nitrogen and oxygen atoms in total. The van der Waals surface area contributed by atoms with Crippen LogP contribution < -0.4 is 10.1 Å². The van der Waals surface area contributed by atoms with Gasteiger partial charge in [0.05, 0.1) is 30.3 Å². The van der Waals surface area contributed by atoms with Gasteiger partial charge in [0, 0.05) is 11.0 Å². The zero-order valence-corrected chi connectivity index (χ0v) is 17.2. The molecule has 6 heteroatoms. The van der Waals surface area contributed by atoms with E-state index >= 15 is 0 Å². The number of amides is 1. The van der Waals surface area contributed by atoms with Crippen molar-refractivity contribution in [1.82, 2.24) is 15.1 Å². The molecule has 0 aliphatic rings. The summed E-state index contributed by atoms with van der Waals surface area (Å²) in [6.45, 7) is 4.47. The minimum atomic E-state index is -0.123. The van der Waals surface area contributed by atoms with E-state index in [9.17, 15) is 4.79 Å². The number of hydrogen-bond donors (Lipinski definition) is 1. The molecular weight excluding hydrogens is 406 g/mol. The second-order valence-electron chi connectivity index (χ2n) is 6.35. The third-order valence-electron chi connectivity index (χ3n) is 4.44. The van der Waals surface area contributed by atoms with Crippen molar-refractivity contribution in [1.29, 1.82) is 0 Å². The number of carbonyl (C=O) groups excluding carboxylic acids is 1. The van der Waals surface area contributed by atoms with Crippen LogP contribution in [0, 0.1) is 13.8 Å². The van der Waals surface area contributed by atoms with Gasteiger partial charge in [-0.2, -0.15) is 5.10 Å². The average molecular weight is 428 g/mol. The molecule has 2 aromatic carbocycles. The van der Waals surface area contributed by atoms with Crippen LogP contribution in [0.1, 0.15) is 27.2 Å². The van der Waals surface area contributed by atoms with Crippen LogP contribution in [0.2, 0.25) is 0 Å². The molecule has 0 bridgehead atoms. The summed E-state index contributed by atoms with van der Waals surface area (Å²) in [7, 11) is 1.66. The lowest BCUT2D eigenvalue weighted by Gasteiger charge is -2.10. The van der Waals surface area contributed by atoms with Gasteiger partial charge in [-0.05, 0) is 56.2 Å². The number of carbonyl (C=O) groups is 1. The van der Waals surface area contributed by atoms with Crippen LogP contribution in [0.4, 0.5) is 0 Å². The fraction of sp³-hybridized carbons (Fsp3) is 0.238. The fourth-order valence-corrected chi connectivity index (χ4v) is 3.25. The van der Waals surface area contributed by atoms with Crippen molar-refractivity contribution in [2.24, 2.45) is 0 Å². The zero-order valence-electron chi connectivity index (χ0n) is 15.6. The second-order valence-corrected chi connectivity index (χ2v) is 7.27. The highest BCUT2D eigenvalue weighted by Gasteiger charge is 2.15. The van der Waals surface area contributed by atoms with Gasteiger partial charge in [-0.1, -0.05) is 33.6 Å². The van der Waals surface area contributed by atoms with Crippen molar-refractivity contribution >= 4 is 21.8 Å². The Morgan fingerprint density at radius 3 is 2.63 bits per heavy atom. The maximum atomic E-state index is 12.6. The number of hydrogen-bond acceptors (Lipinski definition) is 3. The van der Waals surface area contributed by atoms with Crippen LogP contribution in [-0.4, -0.2) is 29.3 Å². The molecule has 1 aromatic heterocycles. The first-order valence-corrected chi connectivity index (χ1v) is 9.51. The molecule has 1 heterocycles. The van der Waals surface area contributed by atoms with Gasteiger partial charge in [-0.15, -0.1) is 0 Å². The third-order valence-corrected chi connectivity index (χ3v) is 4.97. The lowest BCUT2D eigenvalue weighted by molar-refractivity contribution is 0.0953. The largest absolute Gasteiger partial charge is 0.496 e. The lowest BCUT2D eigenvalue weighted by Crippen LogP contribution is -2.26. The Labute approximate surface area is 167 Å². The monoisotopic (exact) mass is 427 g/mol. The van der Waals surface area contributed by atoms with E-state index in [0.717, 1.165) is 27.2 Å². The number of nitrogens with zero attached hydrogens (tertiary/aromatic N) is 2. The van der Waals surface area contributed by atoms with Gasteiger partial charge in [0.15, 0.2) is 0 Å². The van der Waals surface area contributed by atoms with Crippen molar-refractivity contribution in [3.8, 4) is 11.4 Å². The van der Waals surface area contributed by atoms with E-state index in [4.69, 9.17) is 4.74 Å². The molecule has 0 radical (unpaired) electrons. The van der Waals surface area contributed by atoms with Crippen LogP contribution in [0.5, 0.6) is 5.75 Å². The van der Waals surface area contributed by atoms with E-state index in [1.54, 1.807) is 18.0 Å². The summed E-state index contributed by atoms with van der Waals surface area (Å²) in [4.78, 5) is 12.6. The summed E-state index contributed by atoms with van der Waals surface area (Å²) < 4.78 is 8.16. The van der Waals surface area contributed by atoms with E-state index in [1.165, 1.54) is 5.56 Å². The van der Waals surface area contributed by atoms with Crippen molar-refractivity contribution in [3.63, 3.8) is 0 Å². The molecular formula is C21H22BrN3O2. The van der Waals surface area contributed by atoms with Crippen LogP contribution in [-0.2, 0) is 6.42 Å². The Bertz CT molecular complexity index is 949. The molecule has 0 aliphatic heterocycles. The van der Waals surface area contributed by atoms with E-state index in [-0.39, 0.29) is 5.91 Å². The molecule has 27 heavy (non-hydrogen) atoms. The van der Waals surface area contributed by atoms with E-state index in [0.29, 0.717) is 18.5 Å². The summed E-state index contributed by atoms with van der Waals surface area (Å²) >= 11 is 3.42. The predicted octanol–water partition coefficient (Wildman–Crippen LogP) is 4.23. The highest BCUT2D eigenvalue weighted by atomic mass is 79.9. The summed E-state index contributed by atoms with van der Waals surface area (Å²) in [5, 5.41) is 7.34. The first-order chi connectivity index (χ1) is 13.0. The summed E-state index contributed by atoms with van der Waals surface area (Å²) in [5.41, 5.74) is 4.56. The van der Waals surface area contributed by atoms with Gasteiger partial charge in [0.2, 0.25) is 0 Å². The molecule has 0 saturated heterocycles. The summed E-state index contributed by atoms with van der Waals surface area (Å²) in [6.07, 6.45) is 2.32. The number of ether oxygens (including phenoxy) is 1.